The van der Waals surface area contributed by atoms with Crippen LogP contribution in [0.3, 0.4) is 0 Å². The summed E-state index contributed by atoms with van der Waals surface area (Å²) in [6.45, 7) is 6.99. The SMILES string of the molecule is COC(=O)c1c(C)[nH]c(C(=O)O[C@@H](C)C(=O)N[C@H]2CCCC[C@@H]2C)c1C. The largest absolute Gasteiger partial charge is 0.465 e. The first-order valence-corrected chi connectivity index (χ1v) is 9.05. The maximum absolute atomic E-state index is 12.4. The zero-order valence-corrected chi connectivity index (χ0v) is 16.1. The van der Waals surface area contributed by atoms with Crippen molar-refractivity contribution in [3.8, 4) is 0 Å². The van der Waals surface area contributed by atoms with Gasteiger partial charge in [-0.3, -0.25) is 4.79 Å². The molecule has 7 nitrogen and oxygen atoms in total. The van der Waals surface area contributed by atoms with Crippen molar-refractivity contribution in [2.75, 3.05) is 7.11 Å². The minimum Gasteiger partial charge on any atom is -0.465 e. The molecule has 1 saturated carbocycles. The number of aryl methyl sites for hydroxylation is 1. The first kappa shape index (κ1) is 20.0. The van der Waals surface area contributed by atoms with Crippen LogP contribution in [0.1, 0.15) is 71.6 Å². The summed E-state index contributed by atoms with van der Waals surface area (Å²) in [4.78, 5) is 39.5. The molecule has 2 rings (SSSR count). The van der Waals surface area contributed by atoms with Crippen molar-refractivity contribution < 1.29 is 23.9 Å². The summed E-state index contributed by atoms with van der Waals surface area (Å²) < 4.78 is 10.0. The number of ether oxygens (including phenoxy) is 2. The summed E-state index contributed by atoms with van der Waals surface area (Å²) in [5, 5.41) is 2.98. The van der Waals surface area contributed by atoms with Gasteiger partial charge in [0.05, 0.1) is 12.7 Å². The predicted molar refractivity (Wildman–Crippen MR) is 96.0 cm³/mol. The minimum absolute atomic E-state index is 0.123. The molecule has 0 bridgehead atoms. The van der Waals surface area contributed by atoms with E-state index >= 15 is 0 Å². The van der Waals surface area contributed by atoms with E-state index in [2.05, 4.69) is 17.2 Å². The molecule has 1 fully saturated rings. The van der Waals surface area contributed by atoms with Crippen LogP contribution in [0.5, 0.6) is 0 Å². The van der Waals surface area contributed by atoms with Crippen LogP contribution in [-0.4, -0.2) is 42.1 Å². The number of methoxy groups -OCH3 is 1. The summed E-state index contributed by atoms with van der Waals surface area (Å²) >= 11 is 0. The molecule has 0 spiro atoms. The number of aromatic amines is 1. The van der Waals surface area contributed by atoms with Gasteiger partial charge in [0, 0.05) is 11.7 Å². The van der Waals surface area contributed by atoms with E-state index < -0.39 is 18.0 Å². The number of amides is 1. The van der Waals surface area contributed by atoms with Crippen molar-refractivity contribution >= 4 is 17.8 Å². The average molecular weight is 364 g/mol. The highest BCUT2D eigenvalue weighted by atomic mass is 16.5. The number of carbonyl (C=O) groups is 3. The van der Waals surface area contributed by atoms with Gasteiger partial charge in [0.15, 0.2) is 6.10 Å². The Bertz CT molecular complexity index is 694. The molecule has 3 atom stereocenters. The zero-order chi connectivity index (χ0) is 19.4. The fourth-order valence-electron chi connectivity index (χ4n) is 3.47. The summed E-state index contributed by atoms with van der Waals surface area (Å²) in [6.07, 6.45) is 3.41. The van der Waals surface area contributed by atoms with Crippen LogP contribution in [0.15, 0.2) is 0 Å². The normalized spacial score (nSPS) is 21.0. The standard InChI is InChI=1S/C19H28N2O5/c1-10-8-6-7-9-14(10)21-17(22)13(4)26-19(24)16-11(2)15(12(3)20-16)18(23)25-5/h10,13-14,20H,6-9H2,1-5H3,(H,21,22)/t10-,13-,14-/m0/s1. The molecule has 0 saturated heterocycles. The second-order valence-electron chi connectivity index (χ2n) is 7.04. The summed E-state index contributed by atoms with van der Waals surface area (Å²) in [5.41, 5.74) is 1.45. The first-order chi connectivity index (χ1) is 12.3. The number of hydrogen-bond acceptors (Lipinski definition) is 5. The number of hydrogen-bond donors (Lipinski definition) is 2. The lowest BCUT2D eigenvalue weighted by Gasteiger charge is -2.30. The van der Waals surface area contributed by atoms with E-state index in [4.69, 9.17) is 9.47 Å². The van der Waals surface area contributed by atoms with Gasteiger partial charge in [-0.1, -0.05) is 19.8 Å². The Balaban J connectivity index is 2.02. The van der Waals surface area contributed by atoms with Crippen molar-refractivity contribution in [1.82, 2.24) is 10.3 Å². The highest BCUT2D eigenvalue weighted by Crippen LogP contribution is 2.24. The molecule has 144 valence electrons. The maximum atomic E-state index is 12.4. The molecule has 1 aliphatic carbocycles. The van der Waals surface area contributed by atoms with E-state index in [0.717, 1.165) is 19.3 Å². The Morgan fingerprint density at radius 2 is 1.81 bits per heavy atom. The topological polar surface area (TPSA) is 97.5 Å². The van der Waals surface area contributed by atoms with Crippen LogP contribution in [0.25, 0.3) is 0 Å². The van der Waals surface area contributed by atoms with Gasteiger partial charge in [0.2, 0.25) is 0 Å². The lowest BCUT2D eigenvalue weighted by molar-refractivity contribution is -0.130. The van der Waals surface area contributed by atoms with Crippen LogP contribution in [0.2, 0.25) is 0 Å². The lowest BCUT2D eigenvalue weighted by Crippen LogP contribution is -2.46. The molecule has 2 N–H and O–H groups in total. The molecule has 1 amide bonds. The molecule has 1 aromatic heterocycles. The molecule has 0 aliphatic heterocycles. The number of nitrogens with one attached hydrogen (secondary N) is 2. The zero-order valence-electron chi connectivity index (χ0n) is 16.1. The third-order valence-electron chi connectivity index (χ3n) is 5.12. The van der Waals surface area contributed by atoms with Crippen LogP contribution in [0, 0.1) is 19.8 Å². The maximum Gasteiger partial charge on any atom is 0.355 e. The molecule has 7 heteroatoms. The fraction of sp³-hybridized carbons (Fsp3) is 0.632. The van der Waals surface area contributed by atoms with E-state index in [1.165, 1.54) is 13.5 Å². The van der Waals surface area contributed by atoms with Crippen molar-refractivity contribution in [2.24, 2.45) is 5.92 Å². The first-order valence-electron chi connectivity index (χ1n) is 9.05. The summed E-state index contributed by atoms with van der Waals surface area (Å²) in [5.74, 6) is -1.06. The van der Waals surface area contributed by atoms with Crippen molar-refractivity contribution in [1.29, 1.82) is 0 Å². The second-order valence-corrected chi connectivity index (χ2v) is 7.04. The Morgan fingerprint density at radius 1 is 1.15 bits per heavy atom. The quantitative estimate of drug-likeness (QED) is 0.783. The molecule has 0 unspecified atom stereocenters. The summed E-state index contributed by atoms with van der Waals surface area (Å²) in [6, 6.07) is 0.123. The third-order valence-corrected chi connectivity index (χ3v) is 5.12. The monoisotopic (exact) mass is 364 g/mol. The van der Waals surface area contributed by atoms with E-state index in [1.807, 2.05) is 0 Å². The van der Waals surface area contributed by atoms with Gasteiger partial charge in [-0.25, -0.2) is 9.59 Å². The van der Waals surface area contributed by atoms with Gasteiger partial charge < -0.3 is 19.8 Å². The Morgan fingerprint density at radius 3 is 2.42 bits per heavy atom. The summed E-state index contributed by atoms with van der Waals surface area (Å²) in [7, 11) is 1.28. The predicted octanol–water partition coefficient (Wildman–Crippen LogP) is 2.66. The van der Waals surface area contributed by atoms with E-state index in [0.29, 0.717) is 22.7 Å². The number of carbonyl (C=O) groups excluding carboxylic acids is 3. The number of aromatic nitrogens is 1. The van der Waals surface area contributed by atoms with Gasteiger partial charge in [-0.05, 0) is 45.1 Å². The molecular weight excluding hydrogens is 336 g/mol. The molecule has 1 aromatic rings. The Kier molecular flexibility index (Phi) is 6.45. The van der Waals surface area contributed by atoms with Crippen molar-refractivity contribution in [3.63, 3.8) is 0 Å². The smallest absolute Gasteiger partial charge is 0.355 e. The minimum atomic E-state index is -0.916. The number of H-pyrrole nitrogens is 1. The molecule has 0 radical (unpaired) electrons. The number of rotatable bonds is 5. The molecule has 0 aromatic carbocycles. The van der Waals surface area contributed by atoms with Gasteiger partial charge in [-0.2, -0.15) is 0 Å². The lowest BCUT2D eigenvalue weighted by atomic mass is 9.86. The van der Waals surface area contributed by atoms with Gasteiger partial charge >= 0.3 is 11.9 Å². The Labute approximate surface area is 153 Å². The second kappa shape index (κ2) is 8.38. The van der Waals surface area contributed by atoms with E-state index in [1.54, 1.807) is 20.8 Å². The van der Waals surface area contributed by atoms with Gasteiger partial charge in [0.25, 0.3) is 5.91 Å². The van der Waals surface area contributed by atoms with Crippen LogP contribution in [0.4, 0.5) is 0 Å². The van der Waals surface area contributed by atoms with E-state index in [9.17, 15) is 14.4 Å². The van der Waals surface area contributed by atoms with Gasteiger partial charge in [0.1, 0.15) is 5.69 Å². The molecular formula is C19H28N2O5. The van der Waals surface area contributed by atoms with Crippen LogP contribution >= 0.6 is 0 Å². The Hall–Kier alpha value is -2.31. The molecule has 1 heterocycles. The average Bonchev–Trinajstić information content (AvgIpc) is 2.90. The van der Waals surface area contributed by atoms with Crippen molar-refractivity contribution in [2.45, 2.75) is 65.5 Å². The van der Waals surface area contributed by atoms with Crippen molar-refractivity contribution in [3.05, 3.63) is 22.5 Å². The third kappa shape index (κ3) is 4.26. The highest BCUT2D eigenvalue weighted by molar-refractivity contribution is 5.99. The number of esters is 2. The van der Waals surface area contributed by atoms with Crippen LogP contribution < -0.4 is 5.32 Å². The van der Waals surface area contributed by atoms with Gasteiger partial charge in [-0.15, -0.1) is 0 Å². The van der Waals surface area contributed by atoms with E-state index in [-0.39, 0.29) is 17.6 Å². The highest BCUT2D eigenvalue weighted by Gasteiger charge is 2.28. The fourth-order valence-corrected chi connectivity index (χ4v) is 3.47. The van der Waals surface area contributed by atoms with Crippen LogP contribution in [-0.2, 0) is 14.3 Å². The molecule has 1 aliphatic rings. The molecule has 26 heavy (non-hydrogen) atoms.